The predicted octanol–water partition coefficient (Wildman–Crippen LogP) is 3.65. The van der Waals surface area contributed by atoms with Crippen LogP contribution in [-0.2, 0) is 34.9 Å². The average molecular weight is 562 g/mol. The fourth-order valence-corrected chi connectivity index (χ4v) is 5.33. The first-order chi connectivity index (χ1) is 19.3. The number of hydrogen-bond acceptors (Lipinski definition) is 9. The molecule has 3 aromatic carbocycles. The fraction of sp³-hybridized carbons (Fsp3) is 0.172. The summed E-state index contributed by atoms with van der Waals surface area (Å²) in [4.78, 5) is 41.7. The Morgan fingerprint density at radius 2 is 1.30 bits per heavy atom. The van der Waals surface area contributed by atoms with Crippen molar-refractivity contribution in [1.29, 1.82) is 0 Å². The first-order valence-electron chi connectivity index (χ1n) is 12.1. The fourth-order valence-electron chi connectivity index (χ4n) is 4.51. The summed E-state index contributed by atoms with van der Waals surface area (Å²) >= 11 is 1.05. The number of carbonyl (C=O) groups excluding carboxylic acids is 1. The number of nitrogens with one attached hydrogen (secondary N) is 2. The maximum absolute atomic E-state index is 12.9. The van der Waals surface area contributed by atoms with Crippen LogP contribution in [0.5, 0.6) is 0 Å². The van der Waals surface area contributed by atoms with Crippen molar-refractivity contribution < 1.29 is 34.1 Å². The van der Waals surface area contributed by atoms with Gasteiger partial charge in [-0.2, -0.15) is 0 Å². The lowest BCUT2D eigenvalue weighted by Crippen LogP contribution is -2.61. The Kier molecular flexibility index (Phi) is 8.58. The molecule has 0 saturated heterocycles. The number of hydrogen-bond donors (Lipinski definition) is 4. The third kappa shape index (κ3) is 5.17. The van der Waals surface area contributed by atoms with E-state index in [9.17, 15) is 24.6 Å². The van der Waals surface area contributed by atoms with Crippen molar-refractivity contribution in [2.75, 3.05) is 19.5 Å². The molecule has 206 valence electrons. The van der Waals surface area contributed by atoms with Gasteiger partial charge >= 0.3 is 17.9 Å². The highest BCUT2D eigenvalue weighted by Gasteiger charge is 2.54. The van der Waals surface area contributed by atoms with Crippen molar-refractivity contribution in [2.45, 2.75) is 17.3 Å². The van der Waals surface area contributed by atoms with Gasteiger partial charge in [-0.05, 0) is 16.7 Å². The van der Waals surface area contributed by atoms with E-state index in [4.69, 9.17) is 9.47 Å². The van der Waals surface area contributed by atoms with Crippen LogP contribution in [0.25, 0.3) is 0 Å². The number of nitrogens with zero attached hydrogens (tertiary/aromatic N) is 1. The van der Waals surface area contributed by atoms with Crippen molar-refractivity contribution in [1.82, 2.24) is 10.3 Å². The molecule has 4 N–H and O–H groups in total. The number of esters is 1. The number of methoxy groups -OCH3 is 2. The molecule has 4 aromatic rings. The van der Waals surface area contributed by atoms with E-state index in [1.165, 1.54) is 5.38 Å². The minimum atomic E-state index is -2.67. The van der Waals surface area contributed by atoms with Gasteiger partial charge in [0.15, 0.2) is 5.13 Å². The van der Waals surface area contributed by atoms with Crippen molar-refractivity contribution in [3.05, 3.63) is 119 Å². The summed E-state index contributed by atoms with van der Waals surface area (Å²) in [6, 6.07) is 29.0. The molecule has 10 nitrogen and oxygen atoms in total. The molecule has 0 saturated carbocycles. The summed E-state index contributed by atoms with van der Waals surface area (Å²) in [7, 11) is 2.07. The van der Waals surface area contributed by atoms with Crippen LogP contribution in [0.1, 0.15) is 22.4 Å². The average Bonchev–Trinajstić information content (AvgIpc) is 3.46. The summed E-state index contributed by atoms with van der Waals surface area (Å²) in [5.41, 5.74) is -1.27. The van der Waals surface area contributed by atoms with Crippen molar-refractivity contribution >= 4 is 34.4 Å². The maximum atomic E-state index is 12.9. The first kappa shape index (κ1) is 28.4. The predicted molar refractivity (Wildman–Crippen MR) is 148 cm³/mol. The number of carboxylic acid groups (broad SMARTS) is 2. The van der Waals surface area contributed by atoms with Gasteiger partial charge in [0.1, 0.15) is 5.54 Å². The molecule has 0 aliphatic heterocycles. The lowest BCUT2D eigenvalue weighted by atomic mass is 9.77. The molecule has 40 heavy (non-hydrogen) atoms. The Labute approximate surface area is 234 Å². The Bertz CT molecular complexity index is 1370. The number of anilines is 1. The summed E-state index contributed by atoms with van der Waals surface area (Å²) in [6.45, 7) is 0. The van der Waals surface area contributed by atoms with Gasteiger partial charge in [-0.3, -0.25) is 5.32 Å². The number of benzene rings is 3. The van der Waals surface area contributed by atoms with Crippen molar-refractivity contribution in [2.24, 2.45) is 0 Å². The number of rotatable bonds is 12. The zero-order valence-corrected chi connectivity index (χ0v) is 22.4. The zero-order chi connectivity index (χ0) is 28.8. The Morgan fingerprint density at radius 3 is 1.68 bits per heavy atom. The molecule has 2 unspecified atom stereocenters. The van der Waals surface area contributed by atoms with Crippen LogP contribution in [0.15, 0.2) is 96.4 Å². The van der Waals surface area contributed by atoms with Crippen LogP contribution >= 0.6 is 11.3 Å². The largest absolute Gasteiger partial charge is 0.479 e. The third-order valence-electron chi connectivity index (χ3n) is 6.42. The molecule has 2 atom stereocenters. The molecule has 0 amide bonds. The molecule has 0 bridgehead atoms. The highest BCUT2D eigenvalue weighted by molar-refractivity contribution is 7.13. The van der Waals surface area contributed by atoms with Crippen molar-refractivity contribution in [3.8, 4) is 0 Å². The molecular formula is C29H27N3O7S. The molecular weight excluding hydrogens is 534 g/mol. The molecule has 1 aromatic heterocycles. The van der Waals surface area contributed by atoms with Crippen LogP contribution < -0.4 is 10.6 Å². The zero-order valence-electron chi connectivity index (χ0n) is 21.6. The van der Waals surface area contributed by atoms with Crippen LogP contribution in [-0.4, -0.2) is 53.6 Å². The smallest absolute Gasteiger partial charge is 0.348 e. The van der Waals surface area contributed by atoms with Gasteiger partial charge in [-0.15, -0.1) is 11.3 Å². The number of aromatic nitrogens is 1. The first-order valence-corrected chi connectivity index (χ1v) is 12.9. The van der Waals surface area contributed by atoms with Crippen molar-refractivity contribution in [3.63, 3.8) is 0 Å². The van der Waals surface area contributed by atoms with Gasteiger partial charge in [0.05, 0.1) is 12.8 Å². The van der Waals surface area contributed by atoms with Gasteiger partial charge in [-0.25, -0.2) is 19.4 Å². The van der Waals surface area contributed by atoms with Gasteiger partial charge in [0.25, 0.3) is 5.54 Å². The number of aliphatic carboxylic acids is 2. The van der Waals surface area contributed by atoms with E-state index >= 15 is 0 Å². The minimum Gasteiger partial charge on any atom is -0.479 e. The Balaban J connectivity index is 1.91. The van der Waals surface area contributed by atoms with E-state index < -0.39 is 35.2 Å². The Hall–Kier alpha value is -4.58. The van der Waals surface area contributed by atoms with E-state index in [1.807, 2.05) is 91.0 Å². The minimum absolute atomic E-state index is 0.271. The lowest BCUT2D eigenvalue weighted by molar-refractivity contribution is -0.168. The maximum Gasteiger partial charge on any atom is 0.348 e. The molecule has 4 rings (SSSR count). The number of ether oxygens (including phenoxy) is 2. The van der Waals surface area contributed by atoms with Crippen LogP contribution in [0.2, 0.25) is 0 Å². The molecule has 11 heteroatoms. The van der Waals surface area contributed by atoms with Crippen LogP contribution in [0.4, 0.5) is 5.13 Å². The van der Waals surface area contributed by atoms with E-state index in [2.05, 4.69) is 15.6 Å². The summed E-state index contributed by atoms with van der Waals surface area (Å²) in [5.74, 6) is -4.50. The Morgan fingerprint density at radius 1 is 0.825 bits per heavy atom. The highest BCUT2D eigenvalue weighted by Crippen LogP contribution is 2.41. The number of thiazole rings is 1. The standard InChI is InChI=1S/C29H27N3O7S/c1-38-23(24(33)34)31-29(25(35)36,26(37)39-2)22-18-40-27(30-22)32-28(19-12-6-3-7-13-19,20-14-8-4-9-15-20)21-16-10-5-11-17-21/h3-18,23,31H,1-2H3,(H,30,32)(H,33,34)(H,35,36). The van der Waals surface area contributed by atoms with E-state index in [0.717, 1.165) is 42.2 Å². The van der Waals surface area contributed by atoms with E-state index in [0.29, 0.717) is 0 Å². The number of carboxylic acids is 2. The van der Waals surface area contributed by atoms with Gasteiger partial charge in [0, 0.05) is 12.5 Å². The van der Waals surface area contributed by atoms with Crippen LogP contribution in [0.3, 0.4) is 0 Å². The lowest BCUT2D eigenvalue weighted by Gasteiger charge is -2.37. The normalized spacial score (nSPS) is 13.6. The topological polar surface area (TPSA) is 147 Å². The molecule has 0 spiro atoms. The second-order valence-electron chi connectivity index (χ2n) is 8.66. The summed E-state index contributed by atoms with van der Waals surface area (Å²) in [5, 5.41) is 27.1. The molecule has 1 heterocycles. The molecule has 0 fully saturated rings. The van der Waals surface area contributed by atoms with Gasteiger partial charge in [-0.1, -0.05) is 91.0 Å². The SMILES string of the molecule is COC(=O)C(NC(OC)C(=O)O)(C(=O)O)c1csc(NC(c2ccccc2)(c2ccccc2)c2ccccc2)n1. The second-order valence-corrected chi connectivity index (χ2v) is 9.51. The van der Waals surface area contributed by atoms with Crippen LogP contribution in [0, 0.1) is 0 Å². The van der Waals surface area contributed by atoms with E-state index in [1.54, 1.807) is 0 Å². The second kappa shape index (κ2) is 12.1. The molecule has 0 radical (unpaired) electrons. The highest BCUT2D eigenvalue weighted by atomic mass is 32.1. The summed E-state index contributed by atoms with van der Waals surface area (Å²) < 4.78 is 9.66. The summed E-state index contributed by atoms with van der Waals surface area (Å²) in [6.07, 6.45) is -1.84. The molecule has 0 aliphatic carbocycles. The monoisotopic (exact) mass is 561 g/mol. The number of carbonyl (C=O) groups is 3. The molecule has 0 aliphatic rings. The third-order valence-corrected chi connectivity index (χ3v) is 7.18. The van der Waals surface area contributed by atoms with Gasteiger partial charge in [0.2, 0.25) is 6.23 Å². The van der Waals surface area contributed by atoms with E-state index in [-0.39, 0.29) is 10.8 Å². The quantitative estimate of drug-likeness (QED) is 0.0875. The van der Waals surface area contributed by atoms with Gasteiger partial charge < -0.3 is 25.0 Å².